The van der Waals surface area contributed by atoms with Crippen LogP contribution >= 0.6 is 0 Å². The summed E-state index contributed by atoms with van der Waals surface area (Å²) < 4.78 is 5.47. The summed E-state index contributed by atoms with van der Waals surface area (Å²) in [7, 11) is 0. The monoisotopic (exact) mass is 616 g/mol. The lowest BCUT2D eigenvalue weighted by Crippen LogP contribution is -2.34. The Morgan fingerprint density at radius 1 is 0.783 bits per heavy atom. The molecule has 4 aromatic carbocycles. The maximum absolute atomic E-state index is 13.6. The first-order chi connectivity index (χ1) is 22.0. The number of urea groups is 1. The molecule has 0 aromatic heterocycles. The van der Waals surface area contributed by atoms with Gasteiger partial charge in [-0.3, -0.25) is 0 Å². The number of hydrogen-bond acceptors (Lipinski definition) is 3. The lowest BCUT2D eigenvalue weighted by molar-refractivity contribution is -0.144. The van der Waals surface area contributed by atoms with Crippen LogP contribution in [0.1, 0.15) is 80.8 Å². The minimum Gasteiger partial charge on any atom is -0.479 e. The summed E-state index contributed by atoms with van der Waals surface area (Å²) in [6.45, 7) is 10.9. The van der Waals surface area contributed by atoms with Crippen molar-refractivity contribution in [3.8, 4) is 17.6 Å². The van der Waals surface area contributed by atoms with Crippen LogP contribution in [0.2, 0.25) is 0 Å². The van der Waals surface area contributed by atoms with Gasteiger partial charge in [-0.1, -0.05) is 94.5 Å². The van der Waals surface area contributed by atoms with Gasteiger partial charge in [-0.2, -0.15) is 0 Å². The number of benzene rings is 4. The predicted molar refractivity (Wildman–Crippen MR) is 185 cm³/mol. The molecule has 1 atom stereocenters. The molecular formula is C40H44N2O4. The Hall–Kier alpha value is -5.02. The van der Waals surface area contributed by atoms with Crippen molar-refractivity contribution in [3.05, 3.63) is 130 Å². The third-order valence-corrected chi connectivity index (χ3v) is 7.70. The Bertz CT molecular complexity index is 1640. The van der Waals surface area contributed by atoms with Crippen LogP contribution in [-0.4, -0.2) is 28.1 Å². The van der Waals surface area contributed by atoms with E-state index >= 15 is 0 Å². The smallest absolute Gasteiger partial charge is 0.344 e. The maximum Gasteiger partial charge on any atom is 0.344 e. The van der Waals surface area contributed by atoms with Crippen molar-refractivity contribution in [2.45, 2.75) is 78.5 Å². The highest BCUT2D eigenvalue weighted by Crippen LogP contribution is 2.24. The van der Waals surface area contributed by atoms with Crippen molar-refractivity contribution < 1.29 is 19.4 Å². The number of anilines is 1. The fourth-order valence-electron chi connectivity index (χ4n) is 4.80. The number of aliphatic carboxylic acids is 1. The van der Waals surface area contributed by atoms with Gasteiger partial charge in [0.25, 0.3) is 0 Å². The van der Waals surface area contributed by atoms with Gasteiger partial charge < -0.3 is 20.1 Å². The molecule has 0 saturated carbocycles. The van der Waals surface area contributed by atoms with E-state index in [1.54, 1.807) is 17.0 Å². The van der Waals surface area contributed by atoms with E-state index < -0.39 is 12.1 Å². The van der Waals surface area contributed by atoms with Gasteiger partial charge in [0.1, 0.15) is 5.75 Å². The lowest BCUT2D eigenvalue weighted by atomic mass is 9.87. The highest BCUT2D eigenvalue weighted by molar-refractivity contribution is 5.89. The van der Waals surface area contributed by atoms with Crippen LogP contribution in [0.3, 0.4) is 0 Å². The molecule has 46 heavy (non-hydrogen) atoms. The fraction of sp³-hybridized carbons (Fsp3) is 0.300. The van der Waals surface area contributed by atoms with Gasteiger partial charge in [0.2, 0.25) is 0 Å². The van der Waals surface area contributed by atoms with E-state index in [-0.39, 0.29) is 11.4 Å². The van der Waals surface area contributed by atoms with Crippen LogP contribution in [-0.2, 0) is 29.7 Å². The van der Waals surface area contributed by atoms with Gasteiger partial charge in [0.15, 0.2) is 6.10 Å². The molecule has 1 unspecified atom stereocenters. The number of aryl methyl sites for hydroxylation is 1. The minimum absolute atomic E-state index is 0.0160. The fourth-order valence-corrected chi connectivity index (χ4v) is 4.80. The van der Waals surface area contributed by atoms with Gasteiger partial charge in [0, 0.05) is 29.9 Å². The Balaban J connectivity index is 1.48. The number of carbonyl (C=O) groups is 2. The number of hydrogen-bond donors (Lipinski definition) is 2. The van der Waals surface area contributed by atoms with Gasteiger partial charge in [-0.15, -0.1) is 0 Å². The van der Waals surface area contributed by atoms with Crippen molar-refractivity contribution in [3.63, 3.8) is 0 Å². The molecule has 0 fully saturated rings. The number of carboxylic acids is 1. The SMILES string of the molecule is CCCCc1ccc(C#Cc2ccc(CN(Cc3ccc(OC(C)C(=O)O)cc3)C(=O)Nc3ccc(C(C)(C)C)cc3)cc2)cc1. The van der Waals surface area contributed by atoms with E-state index in [0.29, 0.717) is 18.8 Å². The number of amides is 2. The molecule has 0 spiro atoms. The third kappa shape index (κ3) is 10.3. The van der Waals surface area contributed by atoms with Crippen LogP contribution in [0.25, 0.3) is 0 Å². The van der Waals surface area contributed by atoms with Crippen molar-refractivity contribution >= 4 is 17.7 Å². The molecule has 6 heteroatoms. The highest BCUT2D eigenvalue weighted by atomic mass is 16.5. The van der Waals surface area contributed by atoms with Gasteiger partial charge >= 0.3 is 12.0 Å². The van der Waals surface area contributed by atoms with Crippen LogP contribution < -0.4 is 10.1 Å². The van der Waals surface area contributed by atoms with Gasteiger partial charge in [-0.25, -0.2) is 9.59 Å². The summed E-state index contributed by atoms with van der Waals surface area (Å²) in [5.74, 6) is 5.92. The minimum atomic E-state index is -1.03. The number of unbranched alkanes of at least 4 members (excludes halogenated alkanes) is 1. The lowest BCUT2D eigenvalue weighted by Gasteiger charge is -2.24. The number of rotatable bonds is 11. The number of carboxylic acid groups (broad SMARTS) is 1. The van der Waals surface area contributed by atoms with Crippen molar-refractivity contribution in [1.29, 1.82) is 0 Å². The summed E-state index contributed by atoms with van der Waals surface area (Å²) in [5.41, 5.74) is 7.01. The largest absolute Gasteiger partial charge is 0.479 e. The van der Waals surface area contributed by atoms with E-state index in [1.807, 2.05) is 60.7 Å². The molecule has 0 bridgehead atoms. The second kappa shape index (κ2) is 15.8. The van der Waals surface area contributed by atoms with Crippen LogP contribution in [0, 0.1) is 11.8 Å². The van der Waals surface area contributed by atoms with Crippen molar-refractivity contribution in [1.82, 2.24) is 4.90 Å². The molecule has 0 saturated heterocycles. The van der Waals surface area contributed by atoms with Crippen molar-refractivity contribution in [2.24, 2.45) is 0 Å². The first kappa shape index (κ1) is 33.9. The molecule has 0 heterocycles. The Morgan fingerprint density at radius 3 is 1.76 bits per heavy atom. The van der Waals surface area contributed by atoms with Crippen molar-refractivity contribution in [2.75, 3.05) is 5.32 Å². The summed E-state index contributed by atoms with van der Waals surface area (Å²) >= 11 is 0. The average molecular weight is 617 g/mol. The molecule has 4 rings (SSSR count). The van der Waals surface area contributed by atoms with Crippen LogP contribution in [0.5, 0.6) is 5.75 Å². The summed E-state index contributed by atoms with van der Waals surface area (Å²) in [4.78, 5) is 26.5. The zero-order chi connectivity index (χ0) is 33.1. The first-order valence-corrected chi connectivity index (χ1v) is 15.8. The van der Waals surface area contributed by atoms with E-state index in [0.717, 1.165) is 34.4 Å². The molecular weight excluding hydrogens is 572 g/mol. The molecule has 6 nitrogen and oxygen atoms in total. The zero-order valence-corrected chi connectivity index (χ0v) is 27.5. The summed E-state index contributed by atoms with van der Waals surface area (Å²) in [6.07, 6.45) is 2.51. The number of ether oxygens (including phenoxy) is 1. The molecule has 0 aliphatic rings. The van der Waals surface area contributed by atoms with E-state index in [4.69, 9.17) is 9.84 Å². The second-order valence-electron chi connectivity index (χ2n) is 12.6. The molecule has 4 aromatic rings. The number of nitrogens with zero attached hydrogens (tertiary/aromatic N) is 1. The van der Waals surface area contributed by atoms with E-state index in [1.165, 1.54) is 30.9 Å². The molecule has 0 aliphatic carbocycles. The topological polar surface area (TPSA) is 78.9 Å². The molecule has 0 radical (unpaired) electrons. The molecule has 2 N–H and O–H groups in total. The standard InChI is InChI=1S/C40H44N2O4/c1-6-7-8-30-9-11-31(12-10-30)13-14-32-15-17-33(18-16-32)27-42(28-34-19-25-37(26-20-34)46-29(2)38(43)44)39(45)41-36-23-21-35(22-24-36)40(3,4)5/h9-12,15-26,29H,6-8,27-28H2,1-5H3,(H,41,45)(H,43,44). The first-order valence-electron chi connectivity index (χ1n) is 15.8. The molecule has 238 valence electrons. The Labute approximate surface area is 273 Å². The predicted octanol–water partition coefficient (Wildman–Crippen LogP) is 8.81. The Kier molecular flexibility index (Phi) is 11.6. The van der Waals surface area contributed by atoms with Gasteiger partial charge in [-0.05, 0) is 96.0 Å². The van der Waals surface area contributed by atoms with Crippen LogP contribution in [0.15, 0.2) is 97.1 Å². The highest BCUT2D eigenvalue weighted by Gasteiger charge is 2.18. The quantitative estimate of drug-likeness (QED) is 0.165. The summed E-state index contributed by atoms with van der Waals surface area (Å²) in [6, 6.07) is 31.3. The third-order valence-electron chi connectivity index (χ3n) is 7.70. The number of nitrogens with one attached hydrogen (secondary N) is 1. The van der Waals surface area contributed by atoms with Gasteiger partial charge in [0.05, 0.1) is 0 Å². The van der Waals surface area contributed by atoms with E-state index in [9.17, 15) is 9.59 Å². The molecule has 2 amide bonds. The molecule has 0 aliphatic heterocycles. The number of carbonyl (C=O) groups excluding carboxylic acids is 1. The van der Waals surface area contributed by atoms with Crippen LogP contribution in [0.4, 0.5) is 10.5 Å². The average Bonchev–Trinajstić information content (AvgIpc) is 3.04. The zero-order valence-electron chi connectivity index (χ0n) is 27.5. The maximum atomic E-state index is 13.6. The second-order valence-corrected chi connectivity index (χ2v) is 12.6. The normalized spacial score (nSPS) is 11.6. The Morgan fingerprint density at radius 2 is 1.28 bits per heavy atom. The van der Waals surface area contributed by atoms with E-state index in [2.05, 4.69) is 69.1 Å². The summed E-state index contributed by atoms with van der Waals surface area (Å²) in [5, 5.41) is 12.2.